The van der Waals surface area contributed by atoms with Crippen molar-refractivity contribution in [2.24, 2.45) is 5.92 Å². The first-order valence-electron chi connectivity index (χ1n) is 7.18. The lowest BCUT2D eigenvalue weighted by molar-refractivity contribution is -0.143. The molecule has 18 heavy (non-hydrogen) atoms. The van der Waals surface area contributed by atoms with Crippen LogP contribution in [0.1, 0.15) is 52.4 Å². The van der Waals surface area contributed by atoms with Crippen molar-refractivity contribution in [3.8, 4) is 0 Å². The predicted octanol–water partition coefficient (Wildman–Crippen LogP) is 1.86. The molecule has 0 atom stereocenters. The highest BCUT2D eigenvalue weighted by molar-refractivity contribution is 5.69. The van der Waals surface area contributed by atoms with Crippen LogP contribution in [0.15, 0.2) is 0 Å². The number of rotatable bonds is 7. The summed E-state index contributed by atoms with van der Waals surface area (Å²) in [6.45, 7) is 5.62. The maximum atomic E-state index is 11.1. The van der Waals surface area contributed by atoms with Crippen molar-refractivity contribution < 1.29 is 14.6 Å². The van der Waals surface area contributed by atoms with Gasteiger partial charge in [-0.3, -0.25) is 4.79 Å². The number of nitrogens with one attached hydrogen (secondary N) is 1. The maximum Gasteiger partial charge on any atom is 0.307 e. The van der Waals surface area contributed by atoms with Crippen molar-refractivity contribution >= 4 is 5.97 Å². The van der Waals surface area contributed by atoms with E-state index in [0.29, 0.717) is 26.1 Å². The summed E-state index contributed by atoms with van der Waals surface area (Å²) in [6, 6.07) is 0. The topological polar surface area (TPSA) is 58.6 Å². The normalized spacial score (nSPS) is 28.1. The fraction of sp³-hybridized carbons (Fsp3) is 0.929. The summed E-state index contributed by atoms with van der Waals surface area (Å²) in [6.07, 6.45) is 5.57. The molecule has 0 saturated heterocycles. The minimum Gasteiger partial charge on any atom is -0.466 e. The average Bonchev–Trinajstić information content (AvgIpc) is 2.36. The van der Waals surface area contributed by atoms with E-state index in [2.05, 4.69) is 12.2 Å². The Balaban J connectivity index is 2.13. The van der Waals surface area contributed by atoms with Crippen molar-refractivity contribution in [1.29, 1.82) is 0 Å². The van der Waals surface area contributed by atoms with E-state index in [1.807, 2.05) is 0 Å². The van der Waals surface area contributed by atoms with Crippen LogP contribution >= 0.6 is 0 Å². The van der Waals surface area contributed by atoms with Gasteiger partial charge in [-0.2, -0.15) is 0 Å². The Morgan fingerprint density at radius 3 is 2.61 bits per heavy atom. The minimum absolute atomic E-state index is 0.174. The summed E-state index contributed by atoms with van der Waals surface area (Å²) < 4.78 is 4.85. The zero-order valence-electron chi connectivity index (χ0n) is 11.7. The monoisotopic (exact) mass is 257 g/mol. The van der Waals surface area contributed by atoms with E-state index in [1.54, 1.807) is 6.92 Å². The number of esters is 1. The predicted molar refractivity (Wildman–Crippen MR) is 71.3 cm³/mol. The molecule has 0 bridgehead atoms. The average molecular weight is 257 g/mol. The van der Waals surface area contributed by atoms with Gasteiger partial charge in [0, 0.05) is 13.1 Å². The molecule has 0 spiro atoms. The van der Waals surface area contributed by atoms with E-state index in [4.69, 9.17) is 4.74 Å². The number of aliphatic hydroxyl groups is 1. The van der Waals surface area contributed by atoms with E-state index in [-0.39, 0.29) is 5.97 Å². The molecule has 1 aliphatic carbocycles. The summed E-state index contributed by atoms with van der Waals surface area (Å²) in [7, 11) is 0. The highest BCUT2D eigenvalue weighted by atomic mass is 16.5. The fourth-order valence-corrected chi connectivity index (χ4v) is 2.54. The van der Waals surface area contributed by atoms with E-state index in [0.717, 1.165) is 31.6 Å². The molecular weight excluding hydrogens is 230 g/mol. The van der Waals surface area contributed by atoms with Crippen LogP contribution in [0.3, 0.4) is 0 Å². The second-order valence-electron chi connectivity index (χ2n) is 5.31. The van der Waals surface area contributed by atoms with Crippen LogP contribution in [-0.4, -0.2) is 36.4 Å². The van der Waals surface area contributed by atoms with Crippen molar-refractivity contribution in [3.63, 3.8) is 0 Å². The molecular formula is C14H27NO3. The molecule has 0 aliphatic heterocycles. The van der Waals surface area contributed by atoms with Gasteiger partial charge in [-0.15, -0.1) is 0 Å². The van der Waals surface area contributed by atoms with Gasteiger partial charge in [0.25, 0.3) is 0 Å². The lowest BCUT2D eigenvalue weighted by Crippen LogP contribution is -2.44. The fourth-order valence-electron chi connectivity index (χ4n) is 2.54. The van der Waals surface area contributed by atoms with Gasteiger partial charge in [0.05, 0.1) is 18.6 Å². The maximum absolute atomic E-state index is 11.1. The zero-order valence-corrected chi connectivity index (χ0v) is 11.7. The molecule has 4 heteroatoms. The Bertz CT molecular complexity index is 247. The van der Waals surface area contributed by atoms with Crippen LogP contribution < -0.4 is 5.32 Å². The van der Waals surface area contributed by atoms with Gasteiger partial charge in [0.1, 0.15) is 0 Å². The van der Waals surface area contributed by atoms with Crippen LogP contribution in [0.5, 0.6) is 0 Å². The molecule has 0 heterocycles. The number of hydrogen-bond acceptors (Lipinski definition) is 4. The second-order valence-corrected chi connectivity index (χ2v) is 5.31. The van der Waals surface area contributed by atoms with Crippen LogP contribution in [0.2, 0.25) is 0 Å². The molecule has 0 aromatic carbocycles. The lowest BCUT2D eigenvalue weighted by atomic mass is 9.78. The van der Waals surface area contributed by atoms with Crippen LogP contribution in [0.25, 0.3) is 0 Å². The Kier molecular flexibility index (Phi) is 6.65. The molecule has 0 aromatic heterocycles. The smallest absolute Gasteiger partial charge is 0.307 e. The van der Waals surface area contributed by atoms with Crippen molar-refractivity contribution in [2.75, 3.05) is 19.7 Å². The molecule has 1 saturated carbocycles. The van der Waals surface area contributed by atoms with Gasteiger partial charge in [0.15, 0.2) is 0 Å². The van der Waals surface area contributed by atoms with Crippen molar-refractivity contribution in [2.45, 2.75) is 58.0 Å². The largest absolute Gasteiger partial charge is 0.466 e. The molecule has 1 aliphatic rings. The first-order chi connectivity index (χ1) is 8.59. The molecule has 0 amide bonds. The summed E-state index contributed by atoms with van der Waals surface area (Å²) in [5.41, 5.74) is -0.569. The summed E-state index contributed by atoms with van der Waals surface area (Å²) in [4.78, 5) is 11.1. The zero-order chi connectivity index (χ0) is 13.4. The van der Waals surface area contributed by atoms with Gasteiger partial charge < -0.3 is 15.2 Å². The molecule has 2 N–H and O–H groups in total. The quantitative estimate of drug-likeness (QED) is 0.540. The third kappa shape index (κ3) is 5.36. The van der Waals surface area contributed by atoms with E-state index >= 15 is 0 Å². The van der Waals surface area contributed by atoms with Crippen LogP contribution in [0, 0.1) is 5.92 Å². The molecule has 0 unspecified atom stereocenters. The molecule has 0 radical (unpaired) electrons. The Morgan fingerprint density at radius 1 is 1.39 bits per heavy atom. The van der Waals surface area contributed by atoms with E-state index < -0.39 is 5.60 Å². The highest BCUT2D eigenvalue weighted by Crippen LogP contribution is 2.33. The van der Waals surface area contributed by atoms with Gasteiger partial charge in [-0.25, -0.2) is 0 Å². The molecule has 0 aromatic rings. The SMILES string of the molecule is CCOC(=O)CCNCC1(O)CCC(CC)CC1. The van der Waals surface area contributed by atoms with Gasteiger partial charge in [-0.05, 0) is 38.5 Å². The van der Waals surface area contributed by atoms with Gasteiger partial charge in [0.2, 0.25) is 0 Å². The summed E-state index contributed by atoms with van der Waals surface area (Å²) in [5.74, 6) is 0.608. The van der Waals surface area contributed by atoms with Gasteiger partial charge in [-0.1, -0.05) is 13.3 Å². The third-order valence-electron chi connectivity index (χ3n) is 3.88. The summed E-state index contributed by atoms with van der Waals surface area (Å²) in [5, 5.41) is 13.5. The van der Waals surface area contributed by atoms with E-state index in [1.165, 1.54) is 6.42 Å². The van der Waals surface area contributed by atoms with Gasteiger partial charge >= 0.3 is 5.97 Å². The molecule has 106 valence electrons. The third-order valence-corrected chi connectivity index (χ3v) is 3.88. The standard InChI is InChI=1S/C14H27NO3/c1-3-12-5-8-14(17,9-6-12)11-15-10-7-13(16)18-4-2/h12,15,17H,3-11H2,1-2H3. The van der Waals surface area contributed by atoms with E-state index in [9.17, 15) is 9.90 Å². The molecule has 4 nitrogen and oxygen atoms in total. The first kappa shape index (κ1) is 15.4. The summed E-state index contributed by atoms with van der Waals surface area (Å²) >= 11 is 0. The first-order valence-corrected chi connectivity index (χ1v) is 7.18. The Hall–Kier alpha value is -0.610. The van der Waals surface area contributed by atoms with Crippen LogP contribution in [0.4, 0.5) is 0 Å². The number of carbonyl (C=O) groups excluding carboxylic acids is 1. The lowest BCUT2D eigenvalue weighted by Gasteiger charge is -2.36. The molecule has 1 fully saturated rings. The molecule has 1 rings (SSSR count). The highest BCUT2D eigenvalue weighted by Gasteiger charge is 2.31. The Morgan fingerprint density at radius 2 is 2.06 bits per heavy atom. The number of hydrogen-bond donors (Lipinski definition) is 2. The van der Waals surface area contributed by atoms with Crippen molar-refractivity contribution in [3.05, 3.63) is 0 Å². The van der Waals surface area contributed by atoms with Crippen LogP contribution in [-0.2, 0) is 9.53 Å². The minimum atomic E-state index is -0.569. The number of carbonyl (C=O) groups is 1. The Labute approximate surface area is 110 Å². The van der Waals surface area contributed by atoms with Crippen molar-refractivity contribution in [1.82, 2.24) is 5.32 Å². The second kappa shape index (κ2) is 7.74. The number of ether oxygens (including phenoxy) is 1.